The summed E-state index contributed by atoms with van der Waals surface area (Å²) in [4.78, 5) is 17.7. The number of ether oxygens (including phenoxy) is 1. The summed E-state index contributed by atoms with van der Waals surface area (Å²) >= 11 is 0. The second-order valence-corrected chi connectivity index (χ2v) is 6.74. The van der Waals surface area contributed by atoms with E-state index in [0.717, 1.165) is 24.8 Å². The lowest BCUT2D eigenvalue weighted by Gasteiger charge is -2.41. The largest absolute Gasteiger partial charge is 0.475 e. The molecule has 1 amide bonds. The van der Waals surface area contributed by atoms with Crippen LogP contribution >= 0.6 is 0 Å². The summed E-state index contributed by atoms with van der Waals surface area (Å²) in [6.45, 7) is 6.66. The molecule has 5 heteroatoms. The SMILES string of the molecule is CC(=O)NC1(COc2ncccc2C)CCC1.CN1CCCC1. The lowest BCUT2D eigenvalue weighted by Crippen LogP contribution is -2.56. The Kier molecular flexibility index (Phi) is 6.39. The van der Waals surface area contributed by atoms with Gasteiger partial charge in [0.15, 0.2) is 0 Å². The molecule has 2 fully saturated rings. The number of carbonyl (C=O) groups is 1. The van der Waals surface area contributed by atoms with Gasteiger partial charge in [-0.2, -0.15) is 0 Å². The fourth-order valence-corrected chi connectivity index (χ4v) is 2.99. The molecule has 2 aliphatic rings. The lowest BCUT2D eigenvalue weighted by molar-refractivity contribution is -0.122. The van der Waals surface area contributed by atoms with Gasteiger partial charge >= 0.3 is 0 Å². The first-order valence-electron chi connectivity index (χ1n) is 8.52. The Bertz CT molecular complexity index is 509. The highest BCUT2D eigenvalue weighted by Crippen LogP contribution is 2.32. The van der Waals surface area contributed by atoms with E-state index >= 15 is 0 Å². The normalized spacial score (nSPS) is 19.3. The summed E-state index contributed by atoms with van der Waals surface area (Å²) in [5.74, 6) is 0.662. The van der Waals surface area contributed by atoms with Crippen LogP contribution in [-0.2, 0) is 4.79 Å². The first-order chi connectivity index (χ1) is 11.0. The van der Waals surface area contributed by atoms with Crippen molar-refractivity contribution < 1.29 is 9.53 Å². The molecule has 1 aliphatic heterocycles. The molecule has 1 aromatic rings. The van der Waals surface area contributed by atoms with Crippen molar-refractivity contribution in [3.05, 3.63) is 23.9 Å². The van der Waals surface area contributed by atoms with Crippen LogP contribution in [0.2, 0.25) is 0 Å². The Hall–Kier alpha value is -1.62. The maximum Gasteiger partial charge on any atom is 0.217 e. The van der Waals surface area contributed by atoms with Crippen molar-refractivity contribution in [3.63, 3.8) is 0 Å². The topological polar surface area (TPSA) is 54.5 Å². The predicted octanol–water partition coefficient (Wildman–Crippen LogP) is 2.54. The van der Waals surface area contributed by atoms with Crippen LogP contribution in [0.3, 0.4) is 0 Å². The molecule has 0 atom stereocenters. The van der Waals surface area contributed by atoms with Crippen molar-refractivity contribution >= 4 is 5.91 Å². The molecule has 2 heterocycles. The van der Waals surface area contributed by atoms with E-state index in [9.17, 15) is 4.79 Å². The zero-order valence-electron chi connectivity index (χ0n) is 14.6. The number of likely N-dealkylation sites (tertiary alicyclic amines) is 1. The van der Waals surface area contributed by atoms with Gasteiger partial charge in [-0.15, -0.1) is 0 Å². The standard InChI is InChI=1S/C13H18N2O2.C5H11N/c1-10-5-3-8-14-12(10)17-9-13(6-4-7-13)15-11(2)16;1-6-4-2-3-5-6/h3,5,8H,4,6-7,9H2,1-2H3,(H,15,16);2-5H2,1H3. The van der Waals surface area contributed by atoms with E-state index in [-0.39, 0.29) is 11.4 Å². The van der Waals surface area contributed by atoms with E-state index in [1.165, 1.54) is 25.9 Å². The molecule has 0 spiro atoms. The van der Waals surface area contributed by atoms with Crippen LogP contribution in [0.1, 0.15) is 44.6 Å². The van der Waals surface area contributed by atoms with E-state index in [0.29, 0.717) is 12.5 Å². The van der Waals surface area contributed by atoms with Crippen molar-refractivity contribution in [2.24, 2.45) is 0 Å². The van der Waals surface area contributed by atoms with Crippen molar-refractivity contribution in [3.8, 4) is 5.88 Å². The van der Waals surface area contributed by atoms with Gasteiger partial charge in [-0.1, -0.05) is 6.07 Å². The zero-order valence-corrected chi connectivity index (χ0v) is 14.6. The van der Waals surface area contributed by atoms with Crippen LogP contribution in [0.25, 0.3) is 0 Å². The second-order valence-electron chi connectivity index (χ2n) is 6.74. The highest BCUT2D eigenvalue weighted by Gasteiger charge is 2.38. The summed E-state index contributed by atoms with van der Waals surface area (Å²) in [5.41, 5.74) is 0.847. The fourth-order valence-electron chi connectivity index (χ4n) is 2.99. The number of hydrogen-bond acceptors (Lipinski definition) is 4. The van der Waals surface area contributed by atoms with Gasteiger partial charge in [0.2, 0.25) is 11.8 Å². The molecule has 0 radical (unpaired) electrons. The summed E-state index contributed by atoms with van der Waals surface area (Å²) in [7, 11) is 2.17. The minimum absolute atomic E-state index is 0.00560. The predicted molar refractivity (Wildman–Crippen MR) is 91.6 cm³/mol. The van der Waals surface area contributed by atoms with Crippen LogP contribution in [0.15, 0.2) is 18.3 Å². The minimum atomic E-state index is -0.171. The first kappa shape index (κ1) is 17.7. The molecule has 1 saturated heterocycles. The molecule has 5 nitrogen and oxygen atoms in total. The third-order valence-electron chi connectivity index (χ3n) is 4.53. The number of nitrogens with zero attached hydrogens (tertiary/aromatic N) is 2. The molecule has 128 valence electrons. The van der Waals surface area contributed by atoms with Gasteiger partial charge in [-0.3, -0.25) is 4.79 Å². The number of pyridine rings is 1. The summed E-state index contributed by atoms with van der Waals surface area (Å²) in [6.07, 6.45) is 7.66. The van der Waals surface area contributed by atoms with Gasteiger partial charge in [0, 0.05) is 18.7 Å². The molecule has 0 aromatic carbocycles. The quantitative estimate of drug-likeness (QED) is 0.926. The Morgan fingerprint density at radius 1 is 1.35 bits per heavy atom. The number of carbonyl (C=O) groups excluding carboxylic acids is 1. The summed E-state index contributed by atoms with van der Waals surface area (Å²) in [6, 6.07) is 3.85. The third kappa shape index (κ3) is 5.50. The van der Waals surface area contributed by atoms with Crippen LogP contribution in [0.5, 0.6) is 5.88 Å². The zero-order chi connectivity index (χ0) is 16.7. The number of amides is 1. The first-order valence-corrected chi connectivity index (χ1v) is 8.52. The highest BCUT2D eigenvalue weighted by molar-refractivity contribution is 5.74. The van der Waals surface area contributed by atoms with Crippen LogP contribution in [0, 0.1) is 6.92 Å². The van der Waals surface area contributed by atoms with Gasteiger partial charge in [0.25, 0.3) is 0 Å². The van der Waals surface area contributed by atoms with E-state index < -0.39 is 0 Å². The molecule has 0 unspecified atom stereocenters. The minimum Gasteiger partial charge on any atom is -0.475 e. The maximum atomic E-state index is 11.1. The second kappa shape index (κ2) is 8.29. The molecular weight excluding hydrogens is 290 g/mol. The van der Waals surface area contributed by atoms with Crippen molar-refractivity contribution in [1.29, 1.82) is 0 Å². The van der Waals surface area contributed by atoms with Crippen LogP contribution in [-0.4, -0.2) is 48.1 Å². The molecule has 1 aromatic heterocycles. The Morgan fingerprint density at radius 2 is 2.04 bits per heavy atom. The molecule has 1 saturated carbocycles. The average Bonchev–Trinajstić information content (AvgIpc) is 2.94. The van der Waals surface area contributed by atoms with Crippen LogP contribution < -0.4 is 10.1 Å². The number of hydrogen-bond donors (Lipinski definition) is 1. The van der Waals surface area contributed by atoms with Crippen molar-refractivity contribution in [1.82, 2.24) is 15.2 Å². The third-order valence-corrected chi connectivity index (χ3v) is 4.53. The van der Waals surface area contributed by atoms with Gasteiger partial charge < -0.3 is 15.0 Å². The summed E-state index contributed by atoms with van der Waals surface area (Å²) in [5, 5.41) is 2.99. The number of rotatable bonds is 4. The average molecular weight is 319 g/mol. The van der Waals surface area contributed by atoms with Gasteiger partial charge in [0.05, 0.1) is 5.54 Å². The monoisotopic (exact) mass is 319 g/mol. The molecule has 1 aliphatic carbocycles. The van der Waals surface area contributed by atoms with Gasteiger partial charge in [-0.25, -0.2) is 4.98 Å². The number of aromatic nitrogens is 1. The summed E-state index contributed by atoms with van der Waals surface area (Å²) < 4.78 is 5.72. The molecule has 0 bridgehead atoms. The number of aryl methyl sites for hydroxylation is 1. The van der Waals surface area contributed by atoms with E-state index in [2.05, 4.69) is 22.2 Å². The molecule has 1 N–H and O–H groups in total. The molecule has 3 rings (SSSR count). The molecular formula is C18H29N3O2. The van der Waals surface area contributed by atoms with Crippen molar-refractivity contribution in [2.75, 3.05) is 26.7 Å². The molecule has 23 heavy (non-hydrogen) atoms. The Morgan fingerprint density at radius 3 is 2.48 bits per heavy atom. The van der Waals surface area contributed by atoms with E-state index in [1.807, 2.05) is 19.1 Å². The Balaban J connectivity index is 0.000000268. The Labute approximate surface area is 139 Å². The number of nitrogens with one attached hydrogen (secondary N) is 1. The highest BCUT2D eigenvalue weighted by atomic mass is 16.5. The maximum absolute atomic E-state index is 11.1. The smallest absolute Gasteiger partial charge is 0.217 e. The lowest BCUT2D eigenvalue weighted by atomic mass is 9.77. The van der Waals surface area contributed by atoms with Gasteiger partial charge in [-0.05, 0) is 65.2 Å². The van der Waals surface area contributed by atoms with Gasteiger partial charge in [0.1, 0.15) is 6.61 Å². The van der Waals surface area contributed by atoms with E-state index in [4.69, 9.17) is 4.74 Å². The van der Waals surface area contributed by atoms with Crippen LogP contribution in [0.4, 0.5) is 0 Å². The van der Waals surface area contributed by atoms with E-state index in [1.54, 1.807) is 13.1 Å². The fraction of sp³-hybridized carbons (Fsp3) is 0.667. The van der Waals surface area contributed by atoms with Crippen molar-refractivity contribution in [2.45, 2.75) is 51.5 Å².